The summed E-state index contributed by atoms with van der Waals surface area (Å²) in [6.45, 7) is 2.37. The topological polar surface area (TPSA) is 82.3 Å². The third-order valence-corrected chi connectivity index (χ3v) is 5.58. The molecule has 2 N–H and O–H groups in total. The monoisotopic (exact) mass is 307 g/mol. The largest absolute Gasteiger partial charge is 0.361 e. The Morgan fingerprint density at radius 2 is 2.19 bits per heavy atom. The summed E-state index contributed by atoms with van der Waals surface area (Å²) in [5.41, 5.74) is 2.77. The zero-order valence-electron chi connectivity index (χ0n) is 11.9. The van der Waals surface area contributed by atoms with Gasteiger partial charge in [0.25, 0.3) is 5.91 Å². The molecule has 0 radical (unpaired) electrons. The van der Waals surface area contributed by atoms with E-state index in [4.69, 9.17) is 0 Å². The number of carbonyl (C=O) groups is 1. The summed E-state index contributed by atoms with van der Waals surface area (Å²) in [5.74, 6) is -0.136. The van der Waals surface area contributed by atoms with Gasteiger partial charge in [0.15, 0.2) is 0 Å². The van der Waals surface area contributed by atoms with Gasteiger partial charge in [-0.3, -0.25) is 9.10 Å². The van der Waals surface area contributed by atoms with Gasteiger partial charge < -0.3 is 10.3 Å². The van der Waals surface area contributed by atoms with Gasteiger partial charge in [-0.15, -0.1) is 0 Å². The van der Waals surface area contributed by atoms with Crippen LogP contribution in [0.3, 0.4) is 0 Å². The van der Waals surface area contributed by atoms with Crippen molar-refractivity contribution in [3.05, 3.63) is 29.5 Å². The molecule has 0 fully saturated rings. The number of benzene rings is 1. The standard InChI is InChI=1S/C14H17N3O3S/c1-3-15-14(18)10-6-11-13-9(8-16-11)4-5-21(19,20)17(2)12(13)7-10/h6-8,16H,3-5H2,1-2H3,(H,15,18). The highest BCUT2D eigenvalue weighted by atomic mass is 32.2. The number of rotatable bonds is 2. The van der Waals surface area contributed by atoms with E-state index in [1.54, 1.807) is 12.1 Å². The van der Waals surface area contributed by atoms with Gasteiger partial charge in [0.1, 0.15) is 0 Å². The van der Waals surface area contributed by atoms with E-state index in [0.717, 1.165) is 16.5 Å². The Morgan fingerprint density at radius 3 is 2.90 bits per heavy atom. The lowest BCUT2D eigenvalue weighted by Gasteiger charge is -2.19. The maximum absolute atomic E-state index is 12.2. The average Bonchev–Trinajstić information content (AvgIpc) is 2.82. The minimum atomic E-state index is -3.35. The summed E-state index contributed by atoms with van der Waals surface area (Å²) in [6, 6.07) is 3.41. The van der Waals surface area contributed by atoms with Gasteiger partial charge in [-0.05, 0) is 31.0 Å². The molecule has 0 saturated heterocycles. The van der Waals surface area contributed by atoms with Gasteiger partial charge in [0.2, 0.25) is 10.0 Å². The van der Waals surface area contributed by atoms with E-state index in [-0.39, 0.29) is 11.7 Å². The molecule has 0 spiro atoms. The molecule has 1 aliphatic heterocycles. The van der Waals surface area contributed by atoms with Crippen LogP contribution in [0.15, 0.2) is 18.3 Å². The molecule has 21 heavy (non-hydrogen) atoms. The smallest absolute Gasteiger partial charge is 0.251 e. The molecule has 0 bridgehead atoms. The van der Waals surface area contributed by atoms with Crippen molar-refractivity contribution in [2.45, 2.75) is 13.3 Å². The Kier molecular flexibility index (Phi) is 3.16. The number of carbonyl (C=O) groups excluding carboxylic acids is 1. The number of nitrogens with zero attached hydrogens (tertiary/aromatic N) is 1. The Balaban J connectivity index is 2.26. The van der Waals surface area contributed by atoms with Crippen LogP contribution in [-0.2, 0) is 16.4 Å². The molecule has 3 rings (SSSR count). The van der Waals surface area contributed by atoms with Crippen molar-refractivity contribution in [3.8, 4) is 0 Å². The number of hydrogen-bond acceptors (Lipinski definition) is 3. The van der Waals surface area contributed by atoms with Gasteiger partial charge in [-0.2, -0.15) is 0 Å². The SMILES string of the molecule is CCNC(=O)c1cc2c3c(c[nH]c3c1)CCS(=O)(=O)N2C. The molecule has 2 aromatic rings. The van der Waals surface area contributed by atoms with Crippen LogP contribution in [0.25, 0.3) is 10.9 Å². The van der Waals surface area contributed by atoms with Gasteiger partial charge in [0.05, 0.1) is 11.4 Å². The molecule has 0 unspecified atom stereocenters. The lowest BCUT2D eigenvalue weighted by atomic mass is 10.1. The number of aryl methyl sites for hydroxylation is 1. The van der Waals surface area contributed by atoms with Crippen LogP contribution < -0.4 is 9.62 Å². The number of sulfonamides is 1. The zero-order chi connectivity index (χ0) is 15.2. The second-order valence-corrected chi connectivity index (χ2v) is 7.24. The average molecular weight is 307 g/mol. The second-order valence-electron chi connectivity index (χ2n) is 5.12. The van der Waals surface area contributed by atoms with Crippen LogP contribution in [0.2, 0.25) is 0 Å². The molecule has 1 aromatic carbocycles. The van der Waals surface area contributed by atoms with E-state index in [1.807, 2.05) is 13.1 Å². The van der Waals surface area contributed by atoms with Gasteiger partial charge >= 0.3 is 0 Å². The highest BCUT2D eigenvalue weighted by Gasteiger charge is 2.27. The third kappa shape index (κ3) is 2.17. The third-order valence-electron chi connectivity index (χ3n) is 3.83. The molecule has 7 heteroatoms. The van der Waals surface area contributed by atoms with E-state index in [0.29, 0.717) is 24.2 Å². The zero-order valence-corrected chi connectivity index (χ0v) is 12.8. The minimum absolute atomic E-state index is 0.0711. The number of aromatic amines is 1. The lowest BCUT2D eigenvalue weighted by molar-refractivity contribution is 0.0956. The van der Waals surface area contributed by atoms with Crippen molar-refractivity contribution in [1.29, 1.82) is 0 Å². The van der Waals surface area contributed by atoms with Crippen LogP contribution in [0, 0.1) is 0 Å². The van der Waals surface area contributed by atoms with E-state index in [1.165, 1.54) is 11.4 Å². The molecule has 112 valence electrons. The van der Waals surface area contributed by atoms with E-state index in [2.05, 4.69) is 10.3 Å². The molecule has 0 atom stereocenters. The minimum Gasteiger partial charge on any atom is -0.361 e. The molecule has 1 amide bonds. The van der Waals surface area contributed by atoms with Crippen molar-refractivity contribution in [2.24, 2.45) is 0 Å². The van der Waals surface area contributed by atoms with E-state index < -0.39 is 10.0 Å². The first-order valence-electron chi connectivity index (χ1n) is 6.83. The van der Waals surface area contributed by atoms with Gasteiger partial charge in [-0.25, -0.2) is 8.42 Å². The van der Waals surface area contributed by atoms with E-state index in [9.17, 15) is 13.2 Å². The number of aromatic nitrogens is 1. The second kappa shape index (κ2) is 4.77. The Hall–Kier alpha value is -2.02. The number of hydrogen-bond donors (Lipinski definition) is 2. The molecule has 6 nitrogen and oxygen atoms in total. The van der Waals surface area contributed by atoms with Crippen LogP contribution in [0.4, 0.5) is 5.69 Å². The number of H-pyrrole nitrogens is 1. The first-order valence-corrected chi connectivity index (χ1v) is 8.43. The predicted molar refractivity (Wildman–Crippen MR) is 82.2 cm³/mol. The number of amides is 1. The maximum atomic E-state index is 12.2. The molecule has 1 aromatic heterocycles. The summed E-state index contributed by atoms with van der Waals surface area (Å²) in [4.78, 5) is 15.2. The fourth-order valence-corrected chi connectivity index (χ4v) is 3.88. The van der Waals surface area contributed by atoms with Crippen molar-refractivity contribution in [2.75, 3.05) is 23.7 Å². The van der Waals surface area contributed by atoms with Crippen LogP contribution in [0.5, 0.6) is 0 Å². The molecule has 2 heterocycles. The van der Waals surface area contributed by atoms with Gasteiger partial charge in [-0.1, -0.05) is 0 Å². The fraction of sp³-hybridized carbons (Fsp3) is 0.357. The van der Waals surface area contributed by atoms with Crippen LogP contribution >= 0.6 is 0 Å². The lowest BCUT2D eigenvalue weighted by Crippen LogP contribution is -2.29. The highest BCUT2D eigenvalue weighted by Crippen LogP contribution is 2.35. The number of anilines is 1. The maximum Gasteiger partial charge on any atom is 0.251 e. The number of nitrogens with one attached hydrogen (secondary N) is 2. The Bertz CT molecular complexity index is 823. The summed E-state index contributed by atoms with van der Waals surface area (Å²) >= 11 is 0. The molecule has 1 aliphatic rings. The van der Waals surface area contributed by atoms with Crippen LogP contribution in [0.1, 0.15) is 22.8 Å². The first-order chi connectivity index (χ1) is 9.94. The van der Waals surface area contributed by atoms with Crippen LogP contribution in [-0.4, -0.2) is 38.7 Å². The van der Waals surface area contributed by atoms with Crippen molar-refractivity contribution >= 4 is 32.5 Å². The Labute approximate surface area is 123 Å². The molecule has 0 aliphatic carbocycles. The van der Waals surface area contributed by atoms with Gasteiger partial charge in [0, 0.05) is 36.3 Å². The Morgan fingerprint density at radius 1 is 1.43 bits per heavy atom. The first kappa shape index (κ1) is 13.9. The molecule has 0 saturated carbocycles. The summed E-state index contributed by atoms with van der Waals surface area (Å²) in [5, 5.41) is 3.61. The predicted octanol–water partition coefficient (Wildman–Crippen LogP) is 1.24. The fourth-order valence-electron chi connectivity index (χ4n) is 2.68. The highest BCUT2D eigenvalue weighted by molar-refractivity contribution is 7.92. The van der Waals surface area contributed by atoms with Crippen molar-refractivity contribution in [3.63, 3.8) is 0 Å². The summed E-state index contributed by atoms with van der Waals surface area (Å²) in [7, 11) is -1.81. The summed E-state index contributed by atoms with van der Waals surface area (Å²) in [6.07, 6.45) is 2.30. The normalized spacial score (nSPS) is 16.8. The van der Waals surface area contributed by atoms with Crippen molar-refractivity contribution in [1.82, 2.24) is 10.3 Å². The van der Waals surface area contributed by atoms with E-state index >= 15 is 0 Å². The summed E-state index contributed by atoms with van der Waals surface area (Å²) < 4.78 is 25.7. The molecular weight excluding hydrogens is 290 g/mol. The van der Waals surface area contributed by atoms with Crippen molar-refractivity contribution < 1.29 is 13.2 Å². The molecular formula is C14H17N3O3S. The quantitative estimate of drug-likeness (QED) is 0.875.